The van der Waals surface area contributed by atoms with Gasteiger partial charge in [0.15, 0.2) is 0 Å². The lowest BCUT2D eigenvalue weighted by atomic mass is 10.2. The van der Waals surface area contributed by atoms with Crippen molar-refractivity contribution in [1.82, 2.24) is 15.0 Å². The molecule has 2 N–H and O–H groups in total. The van der Waals surface area contributed by atoms with Crippen LogP contribution in [0, 0.1) is 10.1 Å². The maximum Gasteiger partial charge on any atom is 0.269 e. The van der Waals surface area contributed by atoms with Crippen LogP contribution in [0.2, 0.25) is 0 Å². The Morgan fingerprint density at radius 2 is 1.92 bits per heavy atom. The third kappa shape index (κ3) is 5.33. The monoisotopic (exact) mass is 378 g/mol. The molecule has 0 aliphatic rings. The minimum atomic E-state index is -3.80. The van der Waals surface area contributed by atoms with Gasteiger partial charge >= 0.3 is 0 Å². The number of benzene rings is 1. The van der Waals surface area contributed by atoms with Crippen LogP contribution >= 0.6 is 0 Å². The molecule has 1 heterocycles. The van der Waals surface area contributed by atoms with E-state index in [2.05, 4.69) is 15.0 Å². The van der Waals surface area contributed by atoms with Crippen molar-refractivity contribution in [2.75, 3.05) is 6.54 Å². The molecular weight excluding hydrogens is 360 g/mol. The highest BCUT2D eigenvalue weighted by atomic mass is 32.2. The molecule has 1 aromatic carbocycles. The molecule has 0 spiro atoms. The second kappa shape index (κ2) is 8.50. The molecule has 1 amide bonds. The summed E-state index contributed by atoms with van der Waals surface area (Å²) < 4.78 is 27.0. The average Bonchev–Trinajstić information content (AvgIpc) is 2.62. The van der Waals surface area contributed by atoms with E-state index in [0.29, 0.717) is 6.42 Å². The fourth-order valence-corrected chi connectivity index (χ4v) is 3.41. The van der Waals surface area contributed by atoms with Crippen LogP contribution < -0.4 is 10.0 Å². The molecule has 0 fully saturated rings. The summed E-state index contributed by atoms with van der Waals surface area (Å²) in [4.78, 5) is 25.7. The molecule has 0 aliphatic carbocycles. The summed E-state index contributed by atoms with van der Waals surface area (Å²) in [6.45, 7) is 1.93. The highest BCUT2D eigenvalue weighted by Crippen LogP contribution is 2.16. The van der Waals surface area contributed by atoms with E-state index >= 15 is 0 Å². The maximum absolute atomic E-state index is 12.3. The predicted octanol–water partition coefficient (Wildman–Crippen LogP) is 1.48. The summed E-state index contributed by atoms with van der Waals surface area (Å²) in [5, 5.41) is 13.3. The van der Waals surface area contributed by atoms with Crippen LogP contribution in [-0.4, -0.2) is 36.8 Å². The first kappa shape index (κ1) is 19.5. The zero-order valence-corrected chi connectivity index (χ0v) is 14.8. The van der Waals surface area contributed by atoms with E-state index in [1.165, 1.54) is 18.3 Å². The van der Waals surface area contributed by atoms with Gasteiger partial charge in [-0.15, -0.1) is 0 Å². The van der Waals surface area contributed by atoms with Crippen molar-refractivity contribution < 1.29 is 18.1 Å². The summed E-state index contributed by atoms with van der Waals surface area (Å²) in [5.41, 5.74) is 0.0980. The number of hydrogen-bond acceptors (Lipinski definition) is 6. The van der Waals surface area contributed by atoms with Crippen molar-refractivity contribution in [3.63, 3.8) is 0 Å². The number of pyridine rings is 1. The predicted molar refractivity (Wildman–Crippen MR) is 94.1 cm³/mol. The van der Waals surface area contributed by atoms with Gasteiger partial charge in [0.05, 0.1) is 9.82 Å². The number of aromatic nitrogens is 1. The first-order chi connectivity index (χ1) is 12.3. The highest BCUT2D eigenvalue weighted by molar-refractivity contribution is 7.89. The first-order valence-electron chi connectivity index (χ1n) is 7.75. The molecule has 1 aromatic heterocycles. The molecule has 26 heavy (non-hydrogen) atoms. The molecule has 10 heteroatoms. The molecule has 2 aromatic rings. The Morgan fingerprint density at radius 3 is 2.50 bits per heavy atom. The smallest absolute Gasteiger partial charge is 0.269 e. The average molecular weight is 378 g/mol. The van der Waals surface area contributed by atoms with E-state index in [1.807, 2.05) is 0 Å². The number of nitro benzene ring substituents is 1. The Labute approximate surface area is 150 Å². The van der Waals surface area contributed by atoms with Gasteiger partial charge < -0.3 is 5.32 Å². The van der Waals surface area contributed by atoms with Gasteiger partial charge in [-0.2, -0.15) is 0 Å². The molecule has 2 rings (SSSR count). The Kier molecular flexibility index (Phi) is 6.36. The Hall–Kier alpha value is -2.85. The van der Waals surface area contributed by atoms with Crippen LogP contribution in [0.1, 0.15) is 23.8 Å². The second-order valence-electron chi connectivity index (χ2n) is 5.53. The minimum Gasteiger partial charge on any atom is -0.351 e. The largest absolute Gasteiger partial charge is 0.351 e. The highest BCUT2D eigenvalue weighted by Gasteiger charge is 2.18. The molecular formula is C16H18N4O5S. The molecule has 138 valence electrons. The Balaban J connectivity index is 1.87. The molecule has 1 atom stereocenters. The zero-order chi connectivity index (χ0) is 19.2. The number of carbonyl (C=O) groups excluding carboxylic acids is 1. The third-order valence-electron chi connectivity index (χ3n) is 3.47. The molecule has 9 nitrogen and oxygen atoms in total. The number of rotatable bonds is 8. The van der Waals surface area contributed by atoms with E-state index in [4.69, 9.17) is 0 Å². The van der Waals surface area contributed by atoms with Gasteiger partial charge in [0.1, 0.15) is 5.69 Å². The quantitative estimate of drug-likeness (QED) is 0.528. The van der Waals surface area contributed by atoms with Gasteiger partial charge in [-0.05, 0) is 37.6 Å². The van der Waals surface area contributed by atoms with E-state index in [1.54, 1.807) is 25.1 Å². The van der Waals surface area contributed by atoms with Crippen molar-refractivity contribution in [2.24, 2.45) is 0 Å². The summed E-state index contributed by atoms with van der Waals surface area (Å²) in [6.07, 6.45) is 1.88. The Bertz CT molecular complexity index is 869. The number of non-ortho nitro benzene ring substituents is 1. The van der Waals surface area contributed by atoms with Gasteiger partial charge in [0, 0.05) is 30.9 Å². The van der Waals surface area contributed by atoms with Crippen molar-refractivity contribution in [3.05, 3.63) is 64.5 Å². The fraction of sp³-hybridized carbons (Fsp3) is 0.250. The lowest BCUT2D eigenvalue weighted by Crippen LogP contribution is -2.36. The van der Waals surface area contributed by atoms with Gasteiger partial charge in [-0.3, -0.25) is 19.9 Å². The lowest BCUT2D eigenvalue weighted by molar-refractivity contribution is -0.384. The van der Waals surface area contributed by atoms with Crippen molar-refractivity contribution >= 4 is 21.6 Å². The first-order valence-corrected chi connectivity index (χ1v) is 9.24. The zero-order valence-electron chi connectivity index (χ0n) is 14.0. The van der Waals surface area contributed by atoms with Gasteiger partial charge in [-0.25, -0.2) is 13.1 Å². The van der Waals surface area contributed by atoms with Gasteiger partial charge in [0.2, 0.25) is 10.0 Å². The standard InChI is InChI=1S/C16H18N4O5S/c1-12(9-11-18-16(21)15-4-2-3-10-17-15)19-26(24,25)14-7-5-13(6-8-14)20(22)23/h2-8,10,12,19H,9,11H2,1H3,(H,18,21). The number of sulfonamides is 1. The molecule has 0 aliphatic heterocycles. The molecule has 0 bridgehead atoms. The van der Waals surface area contributed by atoms with Crippen molar-refractivity contribution in [1.29, 1.82) is 0 Å². The fourth-order valence-electron chi connectivity index (χ4n) is 2.13. The number of amides is 1. The number of hydrogen-bond donors (Lipinski definition) is 2. The minimum absolute atomic E-state index is 0.0625. The van der Waals surface area contributed by atoms with Crippen LogP contribution in [0.5, 0.6) is 0 Å². The summed E-state index contributed by atoms with van der Waals surface area (Å²) in [7, 11) is -3.80. The summed E-state index contributed by atoms with van der Waals surface area (Å²) in [6, 6.07) is 9.15. The van der Waals surface area contributed by atoms with Gasteiger partial charge in [0.25, 0.3) is 11.6 Å². The van der Waals surface area contributed by atoms with E-state index < -0.39 is 21.0 Å². The molecule has 0 saturated carbocycles. The number of nitro groups is 1. The lowest BCUT2D eigenvalue weighted by Gasteiger charge is -2.14. The van der Waals surface area contributed by atoms with Crippen LogP contribution in [0.25, 0.3) is 0 Å². The van der Waals surface area contributed by atoms with Gasteiger partial charge in [-0.1, -0.05) is 6.07 Å². The third-order valence-corrected chi connectivity index (χ3v) is 5.08. The van der Waals surface area contributed by atoms with Crippen molar-refractivity contribution in [2.45, 2.75) is 24.3 Å². The number of nitrogens with one attached hydrogen (secondary N) is 2. The Morgan fingerprint density at radius 1 is 1.23 bits per heavy atom. The molecule has 0 saturated heterocycles. The number of nitrogens with zero attached hydrogens (tertiary/aromatic N) is 2. The van der Waals surface area contributed by atoms with Crippen LogP contribution in [0.4, 0.5) is 5.69 Å². The summed E-state index contributed by atoms with van der Waals surface area (Å²) in [5.74, 6) is -0.337. The second-order valence-corrected chi connectivity index (χ2v) is 7.25. The molecule has 0 radical (unpaired) electrons. The van der Waals surface area contributed by atoms with E-state index in [0.717, 1.165) is 12.1 Å². The van der Waals surface area contributed by atoms with E-state index in [9.17, 15) is 23.3 Å². The number of carbonyl (C=O) groups is 1. The normalized spacial score (nSPS) is 12.3. The summed E-state index contributed by atoms with van der Waals surface area (Å²) >= 11 is 0. The van der Waals surface area contributed by atoms with Crippen molar-refractivity contribution in [3.8, 4) is 0 Å². The van der Waals surface area contributed by atoms with Crippen LogP contribution in [0.15, 0.2) is 53.6 Å². The van der Waals surface area contributed by atoms with Crippen LogP contribution in [-0.2, 0) is 10.0 Å². The molecule has 1 unspecified atom stereocenters. The SMILES string of the molecule is CC(CCNC(=O)c1ccccn1)NS(=O)(=O)c1ccc([N+](=O)[O-])cc1. The van der Waals surface area contributed by atoms with Crippen LogP contribution in [0.3, 0.4) is 0 Å². The maximum atomic E-state index is 12.3. The topological polar surface area (TPSA) is 131 Å². The van der Waals surface area contributed by atoms with E-state index in [-0.39, 0.29) is 28.7 Å².